The second-order valence-electron chi connectivity index (χ2n) is 9.50. The molecular formula is C32H28Cl2N4O4S. The van der Waals surface area contributed by atoms with Gasteiger partial charge in [0.2, 0.25) is 11.8 Å². The monoisotopic (exact) mass is 634 g/mol. The van der Waals surface area contributed by atoms with Gasteiger partial charge in [0.1, 0.15) is 22.5 Å². The van der Waals surface area contributed by atoms with E-state index in [4.69, 9.17) is 32.4 Å². The maximum absolute atomic E-state index is 13.4. The third kappa shape index (κ3) is 8.07. The molecule has 0 aliphatic carbocycles. The predicted molar refractivity (Wildman–Crippen MR) is 173 cm³/mol. The van der Waals surface area contributed by atoms with Gasteiger partial charge in [-0.05, 0) is 73.5 Å². The van der Waals surface area contributed by atoms with Gasteiger partial charge in [-0.1, -0.05) is 65.3 Å². The predicted octanol–water partition coefficient (Wildman–Crippen LogP) is 7.56. The molecule has 0 radical (unpaired) electrons. The first kappa shape index (κ1) is 30.4. The van der Waals surface area contributed by atoms with Gasteiger partial charge in [0.15, 0.2) is 5.17 Å². The van der Waals surface area contributed by atoms with E-state index < -0.39 is 5.25 Å². The van der Waals surface area contributed by atoms with E-state index in [9.17, 15) is 9.59 Å². The molecule has 2 heterocycles. The second kappa shape index (κ2) is 14.4. The number of hydrogen-bond donors (Lipinski definition) is 1. The zero-order valence-electron chi connectivity index (χ0n) is 23.2. The molecular weight excluding hydrogens is 607 g/mol. The van der Waals surface area contributed by atoms with Crippen LogP contribution in [0, 0.1) is 0 Å². The summed E-state index contributed by atoms with van der Waals surface area (Å²) in [7, 11) is 0. The summed E-state index contributed by atoms with van der Waals surface area (Å²) >= 11 is 13.4. The van der Waals surface area contributed by atoms with Crippen LogP contribution in [0.4, 0.5) is 5.69 Å². The van der Waals surface area contributed by atoms with Crippen LogP contribution in [0.3, 0.4) is 0 Å². The van der Waals surface area contributed by atoms with Crippen LogP contribution in [0.5, 0.6) is 5.75 Å². The molecule has 0 saturated carbocycles. The molecule has 1 aromatic heterocycles. The highest BCUT2D eigenvalue weighted by Gasteiger charge is 2.39. The number of hydrogen-bond acceptors (Lipinski definition) is 7. The van der Waals surface area contributed by atoms with Crippen LogP contribution < -0.4 is 10.1 Å². The zero-order valence-corrected chi connectivity index (χ0v) is 25.5. The van der Waals surface area contributed by atoms with Crippen molar-refractivity contribution in [1.29, 1.82) is 0 Å². The first-order valence-electron chi connectivity index (χ1n) is 13.6. The maximum atomic E-state index is 13.4. The zero-order chi connectivity index (χ0) is 30.2. The Balaban J connectivity index is 1.28. The summed E-state index contributed by atoms with van der Waals surface area (Å²) in [5, 5.41) is 12.1. The van der Waals surface area contributed by atoms with Crippen molar-refractivity contribution in [2.24, 2.45) is 10.2 Å². The molecule has 43 heavy (non-hydrogen) atoms. The minimum atomic E-state index is -0.628. The van der Waals surface area contributed by atoms with Gasteiger partial charge in [0.05, 0.1) is 22.9 Å². The largest absolute Gasteiger partial charge is 0.494 e. The smallest absolute Gasteiger partial charge is 0.242 e. The summed E-state index contributed by atoms with van der Waals surface area (Å²) in [5.74, 6) is 1.34. The Labute approximate surface area is 263 Å². The number of ether oxygens (including phenoxy) is 1. The van der Waals surface area contributed by atoms with Crippen molar-refractivity contribution >= 4 is 63.8 Å². The first-order chi connectivity index (χ1) is 20.9. The molecule has 11 heteroatoms. The van der Waals surface area contributed by atoms with Gasteiger partial charge in [-0.3, -0.25) is 14.5 Å². The van der Waals surface area contributed by atoms with Crippen molar-refractivity contribution in [2.75, 3.05) is 18.5 Å². The summed E-state index contributed by atoms with van der Waals surface area (Å²) in [6.45, 7) is 2.87. The number of amides is 2. The minimum Gasteiger partial charge on any atom is -0.494 e. The van der Waals surface area contributed by atoms with Crippen LogP contribution in [-0.4, -0.2) is 46.5 Å². The number of halogens is 2. The van der Waals surface area contributed by atoms with E-state index in [2.05, 4.69) is 15.5 Å². The van der Waals surface area contributed by atoms with Gasteiger partial charge >= 0.3 is 0 Å². The summed E-state index contributed by atoms with van der Waals surface area (Å²) in [6, 6.07) is 25.8. The molecule has 2 amide bonds. The standard InChI is InChI=1S/C32H28Cl2N4O4S/c1-2-41-24-11-9-23(10-12-24)36-30(39)19-29-31(40)38(17-16-21-6-4-3-5-7-21)32(43-29)37-35-20-25-13-15-28(42-25)22-8-14-26(33)27(34)18-22/h3-15,18,20,29H,2,16-17,19H2,1H3,(H,36,39)/b35-20+,37-32-. The van der Waals surface area contributed by atoms with Crippen molar-refractivity contribution in [2.45, 2.75) is 25.0 Å². The fourth-order valence-corrected chi connectivity index (χ4v) is 5.77. The van der Waals surface area contributed by atoms with Crippen LogP contribution >= 0.6 is 35.0 Å². The normalized spacial score (nSPS) is 15.9. The summed E-state index contributed by atoms with van der Waals surface area (Å²) in [5.41, 5.74) is 2.49. The van der Waals surface area contributed by atoms with Gasteiger partial charge in [-0.25, -0.2) is 0 Å². The van der Waals surface area contributed by atoms with Crippen LogP contribution in [0.15, 0.2) is 99.5 Å². The molecule has 1 aliphatic rings. The number of carbonyl (C=O) groups is 2. The van der Waals surface area contributed by atoms with Crippen LogP contribution in [0.2, 0.25) is 10.0 Å². The van der Waals surface area contributed by atoms with Gasteiger partial charge in [0.25, 0.3) is 0 Å². The molecule has 1 saturated heterocycles. The van der Waals surface area contributed by atoms with Crippen LogP contribution in [0.1, 0.15) is 24.7 Å². The first-order valence-corrected chi connectivity index (χ1v) is 15.2. The van der Waals surface area contributed by atoms with E-state index in [1.54, 1.807) is 53.4 Å². The van der Waals surface area contributed by atoms with Gasteiger partial charge in [-0.2, -0.15) is 5.10 Å². The van der Waals surface area contributed by atoms with Crippen molar-refractivity contribution in [3.8, 4) is 17.1 Å². The number of furan rings is 1. The van der Waals surface area contributed by atoms with Gasteiger partial charge in [0, 0.05) is 24.2 Å². The Kier molecular flexibility index (Phi) is 10.2. The van der Waals surface area contributed by atoms with Crippen LogP contribution in [-0.2, 0) is 16.0 Å². The maximum Gasteiger partial charge on any atom is 0.242 e. The number of carbonyl (C=O) groups excluding carboxylic acids is 2. The van der Waals surface area contributed by atoms with E-state index in [0.29, 0.717) is 52.0 Å². The summed E-state index contributed by atoms with van der Waals surface area (Å²) in [6.07, 6.45) is 2.10. The average molecular weight is 636 g/mol. The third-order valence-corrected chi connectivity index (χ3v) is 8.37. The van der Waals surface area contributed by atoms with E-state index in [1.807, 2.05) is 43.3 Å². The van der Waals surface area contributed by atoms with E-state index in [-0.39, 0.29) is 18.2 Å². The molecule has 1 N–H and O–H groups in total. The molecule has 1 aliphatic heterocycles. The van der Waals surface area contributed by atoms with Crippen molar-refractivity contribution < 1.29 is 18.7 Å². The van der Waals surface area contributed by atoms with Crippen molar-refractivity contribution in [3.05, 3.63) is 106 Å². The Hall–Kier alpha value is -4.05. The second-order valence-corrected chi connectivity index (χ2v) is 11.5. The quantitative estimate of drug-likeness (QED) is 0.136. The molecule has 1 unspecified atom stereocenters. The fourth-order valence-electron chi connectivity index (χ4n) is 4.35. The summed E-state index contributed by atoms with van der Waals surface area (Å²) < 4.78 is 11.3. The minimum absolute atomic E-state index is 0.00746. The van der Waals surface area contributed by atoms with Crippen LogP contribution in [0.25, 0.3) is 11.3 Å². The Morgan fingerprint density at radius 3 is 2.58 bits per heavy atom. The lowest BCUT2D eigenvalue weighted by Gasteiger charge is -2.15. The highest BCUT2D eigenvalue weighted by atomic mass is 35.5. The third-order valence-electron chi connectivity index (χ3n) is 6.47. The number of benzene rings is 3. The number of anilines is 1. The van der Waals surface area contributed by atoms with E-state index >= 15 is 0 Å². The van der Waals surface area contributed by atoms with E-state index in [0.717, 1.165) is 16.9 Å². The van der Waals surface area contributed by atoms with Gasteiger partial charge < -0.3 is 14.5 Å². The molecule has 3 aromatic carbocycles. The molecule has 5 rings (SSSR count). The molecule has 220 valence electrons. The van der Waals surface area contributed by atoms with E-state index in [1.165, 1.54) is 18.0 Å². The molecule has 0 spiro atoms. The average Bonchev–Trinajstić information content (AvgIpc) is 3.59. The number of amidine groups is 1. The summed E-state index contributed by atoms with van der Waals surface area (Å²) in [4.78, 5) is 27.9. The lowest BCUT2D eigenvalue weighted by Crippen LogP contribution is -2.35. The Morgan fingerprint density at radius 2 is 1.84 bits per heavy atom. The molecule has 8 nitrogen and oxygen atoms in total. The molecule has 0 bridgehead atoms. The SMILES string of the molecule is CCOc1ccc(NC(=O)CC2S/C(=N\N=C\c3ccc(-c4ccc(Cl)c(Cl)c4)o3)N(CCc3ccccc3)C2=O)cc1. The number of rotatable bonds is 11. The number of thioether (sulfide) groups is 1. The molecule has 1 atom stereocenters. The highest BCUT2D eigenvalue weighted by molar-refractivity contribution is 8.15. The van der Waals surface area contributed by atoms with Crippen molar-refractivity contribution in [1.82, 2.24) is 4.90 Å². The topological polar surface area (TPSA) is 96.5 Å². The number of nitrogens with one attached hydrogen (secondary N) is 1. The Morgan fingerprint density at radius 1 is 1.05 bits per heavy atom. The fraction of sp³-hybridized carbons (Fsp3) is 0.188. The molecule has 4 aromatic rings. The highest BCUT2D eigenvalue weighted by Crippen LogP contribution is 2.31. The lowest BCUT2D eigenvalue weighted by molar-refractivity contribution is -0.128. The molecule has 1 fully saturated rings. The van der Waals surface area contributed by atoms with Gasteiger partial charge in [-0.15, -0.1) is 5.10 Å². The Bertz CT molecular complexity index is 1640. The lowest BCUT2D eigenvalue weighted by atomic mass is 10.1. The number of nitrogens with zero attached hydrogens (tertiary/aromatic N) is 3. The van der Waals surface area contributed by atoms with Crippen molar-refractivity contribution in [3.63, 3.8) is 0 Å².